The second-order valence-corrected chi connectivity index (χ2v) is 8.59. The Morgan fingerprint density at radius 2 is 1.91 bits per heavy atom. The number of nitrogens with one attached hydrogen (secondary N) is 2. The third-order valence-electron chi connectivity index (χ3n) is 5.60. The van der Waals surface area contributed by atoms with E-state index >= 15 is 0 Å². The van der Waals surface area contributed by atoms with Gasteiger partial charge in [-0.25, -0.2) is 4.79 Å². The van der Waals surface area contributed by atoms with Gasteiger partial charge in [-0.2, -0.15) is 0 Å². The maximum Gasteiger partial charge on any atom is 0.407 e. The number of alkyl carbamates (subject to hydrolysis) is 1. The first-order valence-electron chi connectivity index (χ1n) is 10.8. The minimum Gasteiger partial charge on any atom is -0.445 e. The molecule has 166 valence electrons. The van der Waals surface area contributed by atoms with Crippen LogP contribution in [0.25, 0.3) is 17.0 Å². The summed E-state index contributed by atoms with van der Waals surface area (Å²) in [6, 6.07) is 16.1. The number of fused-ring (bicyclic) bond motifs is 2. The summed E-state index contributed by atoms with van der Waals surface area (Å²) < 4.78 is 11.0. The molecule has 0 bridgehead atoms. The highest BCUT2D eigenvalue weighted by Crippen LogP contribution is 2.37. The number of amides is 1. The van der Waals surface area contributed by atoms with Gasteiger partial charge in [-0.3, -0.25) is 4.98 Å². The van der Waals surface area contributed by atoms with Gasteiger partial charge in [-0.1, -0.05) is 42.5 Å². The molecule has 2 N–H and O–H groups in total. The monoisotopic (exact) mass is 431 g/mol. The molecule has 1 amide bonds. The summed E-state index contributed by atoms with van der Waals surface area (Å²) in [5.41, 5.74) is 5.59. The Morgan fingerprint density at radius 1 is 1.16 bits per heavy atom. The number of carbonyl (C=O) groups excluding carboxylic acids is 1. The number of rotatable bonds is 6. The van der Waals surface area contributed by atoms with Gasteiger partial charge in [0.2, 0.25) is 0 Å². The first-order valence-corrected chi connectivity index (χ1v) is 10.8. The lowest BCUT2D eigenvalue weighted by molar-refractivity contribution is 0.0480. The Morgan fingerprint density at radius 3 is 2.62 bits per heavy atom. The quantitative estimate of drug-likeness (QED) is 0.532. The van der Waals surface area contributed by atoms with Gasteiger partial charge in [0.05, 0.1) is 22.5 Å². The number of hydrogen-bond donors (Lipinski definition) is 2. The van der Waals surface area contributed by atoms with Crippen molar-refractivity contribution in [2.24, 2.45) is 0 Å². The Balaban J connectivity index is 1.59. The Bertz CT molecular complexity index is 1150. The summed E-state index contributed by atoms with van der Waals surface area (Å²) in [6.07, 6.45) is 4.50. The van der Waals surface area contributed by atoms with Crippen LogP contribution in [0.3, 0.4) is 0 Å². The summed E-state index contributed by atoms with van der Waals surface area (Å²) in [5, 5.41) is 7.37. The fourth-order valence-corrected chi connectivity index (χ4v) is 3.77. The third-order valence-corrected chi connectivity index (χ3v) is 5.60. The number of methoxy groups -OCH3 is 1. The van der Waals surface area contributed by atoms with E-state index in [1.807, 2.05) is 56.3 Å². The van der Waals surface area contributed by atoms with Crippen LogP contribution < -0.4 is 10.6 Å². The smallest absolute Gasteiger partial charge is 0.407 e. The molecule has 1 atom stereocenters. The van der Waals surface area contributed by atoms with Crippen LogP contribution in [0.15, 0.2) is 54.6 Å². The van der Waals surface area contributed by atoms with E-state index in [9.17, 15) is 4.79 Å². The maximum absolute atomic E-state index is 11.7. The molecule has 32 heavy (non-hydrogen) atoms. The molecular formula is C26H29N3O3. The normalized spacial score (nSPS) is 17.3. The number of benzene rings is 2. The lowest BCUT2D eigenvalue weighted by Gasteiger charge is -2.29. The molecule has 0 spiro atoms. The molecule has 3 aromatic rings. The lowest BCUT2D eigenvalue weighted by Crippen LogP contribution is -2.30. The van der Waals surface area contributed by atoms with Crippen LogP contribution in [0, 0.1) is 0 Å². The van der Waals surface area contributed by atoms with Crippen LogP contribution in [0.2, 0.25) is 0 Å². The molecule has 1 aliphatic rings. The first kappa shape index (κ1) is 21.8. The van der Waals surface area contributed by atoms with Crippen molar-refractivity contribution in [2.75, 3.05) is 12.4 Å². The van der Waals surface area contributed by atoms with Gasteiger partial charge in [0.25, 0.3) is 0 Å². The fraction of sp³-hybridized carbons (Fsp3) is 0.308. The summed E-state index contributed by atoms with van der Waals surface area (Å²) in [7, 11) is 1.73. The summed E-state index contributed by atoms with van der Waals surface area (Å²) >= 11 is 0. The molecule has 0 saturated heterocycles. The topological polar surface area (TPSA) is 72.5 Å². The number of hydrogen-bond acceptors (Lipinski definition) is 5. The highest BCUT2D eigenvalue weighted by Gasteiger charge is 2.28. The van der Waals surface area contributed by atoms with E-state index in [1.165, 1.54) is 0 Å². The zero-order valence-corrected chi connectivity index (χ0v) is 18.9. The molecule has 6 heteroatoms. The first-order chi connectivity index (χ1) is 15.4. The molecule has 1 heterocycles. The minimum atomic E-state index is -0.410. The average Bonchev–Trinajstić information content (AvgIpc) is 2.78. The standard InChI is InChI=1S/C26H29N3O3/c1-17(2)27-25(30)32-16-18-9-11-19(12-10-18)28-24-20-7-5-6-8-22(20)29-23-15-26(3,31-4)14-13-21(23)24/h5-14,17H,15-16H2,1-4H3,(H,27,30)(H,28,29). The maximum atomic E-state index is 11.7. The Hall–Kier alpha value is -3.38. The zero-order chi connectivity index (χ0) is 22.7. The van der Waals surface area contributed by atoms with E-state index < -0.39 is 6.09 Å². The van der Waals surface area contributed by atoms with Crippen molar-refractivity contribution < 1.29 is 14.3 Å². The average molecular weight is 432 g/mol. The number of aromatic nitrogens is 1. The second kappa shape index (κ2) is 9.01. The van der Waals surface area contributed by atoms with Crippen LogP contribution in [0.1, 0.15) is 37.6 Å². The number of carbonyl (C=O) groups is 1. The molecule has 1 aromatic heterocycles. The molecule has 0 fully saturated rings. The number of para-hydroxylation sites is 1. The predicted octanol–water partition coefficient (Wildman–Crippen LogP) is 5.59. The summed E-state index contributed by atoms with van der Waals surface area (Å²) in [5.74, 6) is 0. The van der Waals surface area contributed by atoms with Crippen molar-refractivity contribution in [3.63, 3.8) is 0 Å². The summed E-state index contributed by atoms with van der Waals surface area (Å²) in [4.78, 5) is 16.6. The van der Waals surface area contributed by atoms with Crippen molar-refractivity contribution in [3.8, 4) is 0 Å². The van der Waals surface area contributed by atoms with Gasteiger partial charge >= 0.3 is 6.09 Å². The van der Waals surface area contributed by atoms with E-state index in [4.69, 9.17) is 14.5 Å². The van der Waals surface area contributed by atoms with Gasteiger partial charge in [0.15, 0.2) is 0 Å². The third kappa shape index (κ3) is 4.75. The van der Waals surface area contributed by atoms with Crippen LogP contribution in [-0.2, 0) is 22.5 Å². The second-order valence-electron chi connectivity index (χ2n) is 8.59. The van der Waals surface area contributed by atoms with Gasteiger partial charge in [0, 0.05) is 36.2 Å². The molecule has 0 aliphatic heterocycles. The Labute approximate surface area is 188 Å². The van der Waals surface area contributed by atoms with Crippen molar-refractivity contribution in [1.82, 2.24) is 10.3 Å². The van der Waals surface area contributed by atoms with Crippen LogP contribution in [-0.4, -0.2) is 29.8 Å². The number of ether oxygens (including phenoxy) is 2. The molecule has 2 aromatic carbocycles. The molecule has 1 aliphatic carbocycles. The number of anilines is 2. The SMILES string of the molecule is COC1(C)C=Cc2c(nc3ccccc3c2Nc2ccc(COC(=O)NC(C)C)cc2)C1. The predicted molar refractivity (Wildman–Crippen MR) is 128 cm³/mol. The Kier molecular flexibility index (Phi) is 6.15. The largest absolute Gasteiger partial charge is 0.445 e. The van der Waals surface area contributed by atoms with Gasteiger partial charge < -0.3 is 20.1 Å². The highest BCUT2D eigenvalue weighted by molar-refractivity contribution is 5.98. The van der Waals surface area contributed by atoms with E-state index in [2.05, 4.69) is 35.8 Å². The van der Waals surface area contributed by atoms with E-state index in [0.29, 0.717) is 6.42 Å². The molecule has 1 unspecified atom stereocenters. The lowest BCUT2D eigenvalue weighted by atomic mass is 9.88. The zero-order valence-electron chi connectivity index (χ0n) is 18.9. The van der Waals surface area contributed by atoms with Crippen molar-refractivity contribution in [2.45, 2.75) is 45.4 Å². The molecule has 4 rings (SSSR count). The molecule has 0 radical (unpaired) electrons. The number of pyridine rings is 1. The number of nitrogens with zero attached hydrogens (tertiary/aromatic N) is 1. The fourth-order valence-electron chi connectivity index (χ4n) is 3.77. The van der Waals surface area contributed by atoms with Gasteiger partial charge in [-0.15, -0.1) is 0 Å². The summed E-state index contributed by atoms with van der Waals surface area (Å²) in [6.45, 7) is 6.09. The van der Waals surface area contributed by atoms with Crippen molar-refractivity contribution in [1.29, 1.82) is 0 Å². The van der Waals surface area contributed by atoms with E-state index in [1.54, 1.807) is 7.11 Å². The van der Waals surface area contributed by atoms with Crippen molar-refractivity contribution >= 4 is 34.4 Å². The minimum absolute atomic E-state index is 0.0472. The van der Waals surface area contributed by atoms with E-state index in [-0.39, 0.29) is 18.2 Å². The molecule has 6 nitrogen and oxygen atoms in total. The molecular weight excluding hydrogens is 402 g/mol. The van der Waals surface area contributed by atoms with E-state index in [0.717, 1.165) is 39.1 Å². The van der Waals surface area contributed by atoms with Crippen LogP contribution >= 0.6 is 0 Å². The van der Waals surface area contributed by atoms with Crippen molar-refractivity contribution in [3.05, 3.63) is 71.4 Å². The van der Waals surface area contributed by atoms with Gasteiger partial charge in [-0.05, 0) is 44.5 Å². The van der Waals surface area contributed by atoms with Crippen LogP contribution in [0.4, 0.5) is 16.2 Å². The van der Waals surface area contributed by atoms with Gasteiger partial charge in [0.1, 0.15) is 6.61 Å². The highest BCUT2D eigenvalue weighted by atomic mass is 16.5. The molecule has 0 saturated carbocycles. The van der Waals surface area contributed by atoms with Crippen LogP contribution in [0.5, 0.6) is 0 Å².